The number of phenolic OH excluding ortho intramolecular Hbond substituents is 2. The average Bonchev–Trinajstić information content (AvgIpc) is 4.24. The second-order valence-electron chi connectivity index (χ2n) is 20.2. The minimum atomic E-state index is -0.140. The minimum Gasteiger partial charge on any atom is -0.507 e. The van der Waals surface area contributed by atoms with E-state index in [0.717, 1.165) is 117 Å². The topological polar surface area (TPSA) is 99.7 Å². The summed E-state index contributed by atoms with van der Waals surface area (Å²) in [6.45, 7) is 14.0. The highest BCUT2D eigenvalue weighted by molar-refractivity contribution is 6.01. The summed E-state index contributed by atoms with van der Waals surface area (Å²) in [5, 5.41) is 20.9. The van der Waals surface area contributed by atoms with Crippen molar-refractivity contribution in [2.75, 3.05) is 37.0 Å². The van der Waals surface area contributed by atoms with E-state index >= 15 is 0 Å². The molecule has 9 nitrogen and oxygen atoms in total. The number of carbonyl (C=O) groups is 1. The third-order valence-electron chi connectivity index (χ3n) is 14.5. The first-order chi connectivity index (χ1) is 37.8. The number of aryl methyl sites for hydroxylation is 8. The first kappa shape index (κ1) is 53.9. The highest BCUT2D eigenvalue weighted by Gasteiger charge is 2.27. The number of benzene rings is 8. The van der Waals surface area contributed by atoms with E-state index in [4.69, 9.17) is 9.97 Å². The van der Waals surface area contributed by atoms with Crippen LogP contribution in [0.15, 0.2) is 194 Å². The maximum Gasteiger partial charge on any atom is 0.264 e. The van der Waals surface area contributed by atoms with Crippen LogP contribution in [-0.4, -0.2) is 62.4 Å². The second-order valence-corrected chi connectivity index (χ2v) is 20.2. The van der Waals surface area contributed by atoms with E-state index in [-0.39, 0.29) is 11.7 Å². The highest BCUT2D eigenvalue weighted by Crippen LogP contribution is 2.39. The lowest BCUT2D eigenvalue weighted by Crippen LogP contribution is -2.21. The van der Waals surface area contributed by atoms with Gasteiger partial charge in [-0.3, -0.25) is 13.9 Å². The highest BCUT2D eigenvalue weighted by atomic mass is 16.3. The number of rotatable bonds is 16. The van der Waals surface area contributed by atoms with Crippen molar-refractivity contribution in [2.24, 2.45) is 0 Å². The number of anilines is 2. The first-order valence-electron chi connectivity index (χ1n) is 27.0. The van der Waals surface area contributed by atoms with Crippen LogP contribution in [0, 0.1) is 27.7 Å². The summed E-state index contributed by atoms with van der Waals surface area (Å²) in [5.74, 6) is 1.92. The van der Waals surface area contributed by atoms with Gasteiger partial charge in [-0.15, -0.1) is 0 Å². The molecule has 78 heavy (non-hydrogen) atoms. The van der Waals surface area contributed by atoms with E-state index in [9.17, 15) is 15.0 Å². The van der Waals surface area contributed by atoms with E-state index in [1.807, 2.05) is 121 Å². The molecule has 0 fully saturated rings. The molecule has 0 bridgehead atoms. The summed E-state index contributed by atoms with van der Waals surface area (Å²) >= 11 is 0. The van der Waals surface area contributed by atoms with Crippen molar-refractivity contribution in [3.63, 3.8) is 0 Å². The lowest BCUT2D eigenvalue weighted by molar-refractivity contribution is 0.0963. The van der Waals surface area contributed by atoms with Crippen LogP contribution in [0.4, 0.5) is 11.4 Å². The maximum atomic E-state index is 14.2. The van der Waals surface area contributed by atoms with Gasteiger partial charge >= 0.3 is 0 Å². The summed E-state index contributed by atoms with van der Waals surface area (Å²) in [6.07, 6.45) is 3.20. The summed E-state index contributed by atoms with van der Waals surface area (Å²) < 4.78 is 4.05. The van der Waals surface area contributed by atoms with E-state index in [1.54, 1.807) is 4.57 Å². The van der Waals surface area contributed by atoms with E-state index < -0.39 is 0 Å². The normalized spacial score (nSPS) is 11.0. The Morgan fingerprint density at radius 2 is 0.859 bits per heavy atom. The Bertz CT molecular complexity index is 3570. The molecule has 2 aromatic heterocycles. The monoisotopic (exact) mass is 1030 g/mol. The molecule has 0 aliphatic heterocycles. The molecule has 0 unspecified atom stereocenters. The zero-order chi connectivity index (χ0) is 54.9. The third kappa shape index (κ3) is 11.9. The van der Waals surface area contributed by atoms with Gasteiger partial charge in [0.2, 0.25) is 0 Å². The Kier molecular flexibility index (Phi) is 16.8. The van der Waals surface area contributed by atoms with E-state index in [2.05, 4.69) is 143 Å². The van der Waals surface area contributed by atoms with Crippen LogP contribution in [0.3, 0.4) is 0 Å². The van der Waals surface area contributed by atoms with Crippen molar-refractivity contribution in [1.82, 2.24) is 19.1 Å². The van der Waals surface area contributed by atoms with Crippen LogP contribution in [0.1, 0.15) is 69.0 Å². The molecule has 394 valence electrons. The molecule has 0 saturated heterocycles. The molecule has 9 heteroatoms. The van der Waals surface area contributed by atoms with E-state index in [1.165, 1.54) is 16.8 Å². The van der Waals surface area contributed by atoms with Gasteiger partial charge in [0.15, 0.2) is 0 Å². The lowest BCUT2D eigenvalue weighted by atomic mass is 10.0. The molecule has 10 aromatic rings. The number of nitrogens with zero attached hydrogens (tertiary/aromatic N) is 6. The van der Waals surface area contributed by atoms with Crippen LogP contribution < -0.4 is 9.80 Å². The van der Waals surface area contributed by atoms with Crippen molar-refractivity contribution in [2.45, 2.75) is 67.2 Å². The van der Waals surface area contributed by atoms with Gasteiger partial charge < -0.3 is 20.0 Å². The van der Waals surface area contributed by atoms with Gasteiger partial charge in [0.25, 0.3) is 5.91 Å². The second kappa shape index (κ2) is 24.4. The maximum absolute atomic E-state index is 14.2. The lowest BCUT2D eigenvalue weighted by Gasteiger charge is -2.21. The quantitative estimate of drug-likeness (QED) is 0.0994. The number of phenols is 2. The van der Waals surface area contributed by atoms with E-state index in [0.29, 0.717) is 23.6 Å². The molecule has 0 amide bonds. The predicted octanol–water partition coefficient (Wildman–Crippen LogP) is 15.2. The first-order valence-corrected chi connectivity index (χ1v) is 27.0. The number of para-hydroxylation sites is 1. The number of aromatic nitrogens is 4. The number of aromatic hydroxyl groups is 2. The fourth-order valence-electron chi connectivity index (χ4n) is 10.3. The molecule has 10 rings (SSSR count). The van der Waals surface area contributed by atoms with Gasteiger partial charge in [-0.05, 0) is 173 Å². The summed E-state index contributed by atoms with van der Waals surface area (Å²) in [4.78, 5) is 29.1. The van der Waals surface area contributed by atoms with Crippen LogP contribution in [-0.2, 0) is 25.7 Å². The van der Waals surface area contributed by atoms with Crippen molar-refractivity contribution < 1.29 is 15.0 Å². The molecule has 0 spiro atoms. The van der Waals surface area contributed by atoms with Crippen molar-refractivity contribution in [1.29, 1.82) is 0 Å². The summed E-state index contributed by atoms with van der Waals surface area (Å²) in [7, 11) is 4.02. The molecular weight excluding hydrogens is 961 g/mol. The van der Waals surface area contributed by atoms with Crippen LogP contribution in [0.25, 0.3) is 51.0 Å². The Labute approximate surface area is 460 Å². The van der Waals surface area contributed by atoms with Crippen LogP contribution >= 0.6 is 0 Å². The van der Waals surface area contributed by atoms with Gasteiger partial charge in [0.05, 0.1) is 22.8 Å². The van der Waals surface area contributed by atoms with Gasteiger partial charge in [-0.25, -0.2) is 9.97 Å². The Balaban J connectivity index is 0.000000190. The Hall–Kier alpha value is -8.95. The minimum absolute atomic E-state index is 0.140. The standard InChI is InChI=1S/C35H37N3O.C34H33N3O2/c1-5-37(6-2)30-20-18-28(19-21-30)33-32(22-17-27-13-9-7-10-14-27)36-35(38(33)31-15-11-8-12-16-31)29-23-25(3)34(39)26(4)24-29;1-23-21-28(22-24(2)32(23)38)33-35-30(20-15-25-11-7-5-8-12-25)31(26-16-18-29(19-17-26)36(3)4)37(33)34(39)27-13-9-6-10-14-27/h7-16,18-21,23-24,39H,5-6,17,22H2,1-4H3;5-14,16-19,21-22,38H,15,20H2,1-4H3. The summed E-state index contributed by atoms with van der Waals surface area (Å²) in [5.41, 5.74) is 17.4. The fourth-order valence-corrected chi connectivity index (χ4v) is 10.3. The predicted molar refractivity (Wildman–Crippen MR) is 322 cm³/mol. The number of imidazole rings is 2. The molecule has 0 atom stereocenters. The van der Waals surface area contributed by atoms with Crippen LogP contribution in [0.5, 0.6) is 11.5 Å². The Morgan fingerprint density at radius 1 is 0.462 bits per heavy atom. The summed E-state index contributed by atoms with van der Waals surface area (Å²) in [6, 6.07) is 65.8. The third-order valence-corrected chi connectivity index (χ3v) is 14.5. The smallest absolute Gasteiger partial charge is 0.264 e. The number of carbonyl (C=O) groups excluding carboxylic acids is 1. The van der Waals surface area contributed by atoms with Crippen LogP contribution in [0.2, 0.25) is 0 Å². The Morgan fingerprint density at radius 3 is 1.32 bits per heavy atom. The fraction of sp³-hybridized carbons (Fsp3) is 0.203. The zero-order valence-electron chi connectivity index (χ0n) is 46.2. The number of hydrogen-bond donors (Lipinski definition) is 2. The molecule has 0 radical (unpaired) electrons. The van der Waals surface area contributed by atoms with Gasteiger partial charge in [0, 0.05) is 72.1 Å². The molecule has 2 heterocycles. The van der Waals surface area contributed by atoms with Crippen molar-refractivity contribution in [3.8, 4) is 62.5 Å². The van der Waals surface area contributed by atoms with Crippen molar-refractivity contribution >= 4 is 17.3 Å². The molecular formula is C69H70N6O3. The van der Waals surface area contributed by atoms with Gasteiger partial charge in [-0.2, -0.15) is 0 Å². The molecule has 0 saturated carbocycles. The largest absolute Gasteiger partial charge is 0.507 e. The molecule has 8 aromatic carbocycles. The molecule has 0 aliphatic rings. The SMILES string of the molecule is CCN(CC)c1ccc(-c2c(CCc3ccccc3)nc(-c3cc(C)c(O)c(C)c3)n2-c2ccccc2)cc1.Cc1cc(-c2nc(CCc3ccccc3)c(-c3ccc(N(C)C)cc3)n2C(=O)c2ccccc2)cc(C)c1O. The van der Waals surface area contributed by atoms with Crippen molar-refractivity contribution in [3.05, 3.63) is 244 Å². The molecule has 0 aliphatic carbocycles. The zero-order valence-corrected chi connectivity index (χ0v) is 46.2. The number of hydrogen-bond acceptors (Lipinski definition) is 7. The molecule has 2 N–H and O–H groups in total. The van der Waals surface area contributed by atoms with Gasteiger partial charge in [0.1, 0.15) is 23.1 Å². The van der Waals surface area contributed by atoms with Gasteiger partial charge in [-0.1, -0.05) is 121 Å². The average molecular weight is 1030 g/mol.